The van der Waals surface area contributed by atoms with Crippen molar-refractivity contribution >= 4 is 16.9 Å². The largest absolute Gasteiger partial charge is 0.354 e. The molecule has 0 unspecified atom stereocenters. The minimum absolute atomic E-state index is 0.104. The lowest BCUT2D eigenvalue weighted by molar-refractivity contribution is -0.124. The van der Waals surface area contributed by atoms with Gasteiger partial charge in [0.15, 0.2) is 0 Å². The number of hydrogen-bond donors (Lipinski definition) is 1. The molecule has 0 saturated carbocycles. The van der Waals surface area contributed by atoms with Crippen LogP contribution in [0, 0.1) is 5.92 Å². The molecule has 2 atom stereocenters. The maximum atomic E-state index is 12.8. The molecular weight excluding hydrogens is 312 g/mol. The third-order valence-electron chi connectivity index (χ3n) is 5.35. The molecule has 0 spiro atoms. The molecule has 0 bridgehead atoms. The number of nitrogens with zero attached hydrogens (tertiary/aromatic N) is 3. The molecule has 2 aromatic rings. The van der Waals surface area contributed by atoms with Gasteiger partial charge in [-0.25, -0.2) is 4.98 Å². The van der Waals surface area contributed by atoms with Crippen molar-refractivity contribution in [3.8, 4) is 0 Å². The van der Waals surface area contributed by atoms with Gasteiger partial charge in [-0.3, -0.25) is 4.79 Å². The average Bonchev–Trinajstić information content (AvgIpc) is 3.05. The fraction of sp³-hybridized carbons (Fsp3) is 0.600. The van der Waals surface area contributed by atoms with Gasteiger partial charge in [-0.05, 0) is 57.7 Å². The Kier molecular flexibility index (Phi) is 5.74. The number of likely N-dealkylation sites (tertiary alicyclic amines) is 1. The smallest absolute Gasteiger partial charge is 0.243 e. The van der Waals surface area contributed by atoms with Crippen LogP contribution >= 0.6 is 0 Å². The monoisotopic (exact) mass is 342 g/mol. The van der Waals surface area contributed by atoms with Gasteiger partial charge in [0.2, 0.25) is 5.91 Å². The summed E-state index contributed by atoms with van der Waals surface area (Å²) in [5, 5.41) is 3.20. The number of aromatic nitrogens is 2. The van der Waals surface area contributed by atoms with Crippen molar-refractivity contribution in [1.82, 2.24) is 19.8 Å². The second-order valence-corrected chi connectivity index (χ2v) is 7.41. The molecule has 1 aliphatic heterocycles. The molecule has 25 heavy (non-hydrogen) atoms. The van der Waals surface area contributed by atoms with E-state index in [0.29, 0.717) is 12.0 Å². The van der Waals surface area contributed by atoms with Crippen molar-refractivity contribution in [1.29, 1.82) is 0 Å². The van der Waals surface area contributed by atoms with Crippen LogP contribution in [-0.2, 0) is 4.79 Å². The Bertz CT molecular complexity index is 709. The minimum atomic E-state index is -0.197. The van der Waals surface area contributed by atoms with Gasteiger partial charge < -0.3 is 14.8 Å². The second kappa shape index (κ2) is 8.00. The van der Waals surface area contributed by atoms with E-state index in [1.807, 2.05) is 28.8 Å². The number of nitrogens with one attached hydrogen (secondary N) is 1. The predicted octanol–water partition coefficient (Wildman–Crippen LogP) is 3.22. The van der Waals surface area contributed by atoms with Crippen molar-refractivity contribution < 1.29 is 4.79 Å². The summed E-state index contributed by atoms with van der Waals surface area (Å²) in [4.78, 5) is 19.7. The summed E-state index contributed by atoms with van der Waals surface area (Å²) in [6.07, 6.45) is 4.98. The zero-order valence-electron chi connectivity index (χ0n) is 15.6. The summed E-state index contributed by atoms with van der Waals surface area (Å²) in [6, 6.07) is 8.37. The van der Waals surface area contributed by atoms with Crippen LogP contribution in [0.1, 0.15) is 46.1 Å². The van der Waals surface area contributed by atoms with Crippen molar-refractivity contribution in [2.45, 2.75) is 52.1 Å². The van der Waals surface area contributed by atoms with Crippen LogP contribution < -0.4 is 5.32 Å². The van der Waals surface area contributed by atoms with E-state index in [1.165, 1.54) is 19.4 Å². The molecule has 1 saturated heterocycles. The van der Waals surface area contributed by atoms with Gasteiger partial charge in [-0.15, -0.1) is 0 Å². The number of rotatable bonds is 6. The highest BCUT2D eigenvalue weighted by Crippen LogP contribution is 2.21. The van der Waals surface area contributed by atoms with Gasteiger partial charge in [-0.1, -0.05) is 19.1 Å². The first-order chi connectivity index (χ1) is 12.1. The zero-order valence-corrected chi connectivity index (χ0v) is 15.6. The maximum Gasteiger partial charge on any atom is 0.243 e. The average molecular weight is 342 g/mol. The van der Waals surface area contributed by atoms with E-state index in [9.17, 15) is 4.79 Å². The Hall–Kier alpha value is -1.88. The molecule has 1 amide bonds. The Morgan fingerprint density at radius 3 is 2.92 bits per heavy atom. The van der Waals surface area contributed by atoms with Gasteiger partial charge >= 0.3 is 0 Å². The summed E-state index contributed by atoms with van der Waals surface area (Å²) >= 11 is 0. The minimum Gasteiger partial charge on any atom is -0.354 e. The summed E-state index contributed by atoms with van der Waals surface area (Å²) in [6.45, 7) is 9.59. The number of hydrogen-bond acceptors (Lipinski definition) is 3. The van der Waals surface area contributed by atoms with Gasteiger partial charge in [0, 0.05) is 19.1 Å². The van der Waals surface area contributed by atoms with E-state index >= 15 is 0 Å². The summed E-state index contributed by atoms with van der Waals surface area (Å²) in [7, 11) is 0. The quantitative estimate of drug-likeness (QED) is 0.877. The van der Waals surface area contributed by atoms with Crippen LogP contribution in [-0.4, -0.2) is 46.0 Å². The van der Waals surface area contributed by atoms with Crippen molar-refractivity contribution in [3.63, 3.8) is 0 Å². The Morgan fingerprint density at radius 1 is 1.36 bits per heavy atom. The van der Waals surface area contributed by atoms with Gasteiger partial charge in [0.1, 0.15) is 6.04 Å². The first kappa shape index (κ1) is 17.9. The molecule has 0 aliphatic carbocycles. The third kappa shape index (κ3) is 4.03. The van der Waals surface area contributed by atoms with Crippen LogP contribution in [0.5, 0.6) is 0 Å². The molecule has 136 valence electrons. The fourth-order valence-electron chi connectivity index (χ4n) is 3.83. The summed E-state index contributed by atoms with van der Waals surface area (Å²) in [5.41, 5.74) is 1.96. The molecule has 3 rings (SSSR count). The highest BCUT2D eigenvalue weighted by molar-refractivity contribution is 5.83. The van der Waals surface area contributed by atoms with Crippen LogP contribution in [0.4, 0.5) is 0 Å². The molecule has 1 aromatic carbocycles. The summed E-state index contributed by atoms with van der Waals surface area (Å²) < 4.78 is 2.01. The molecule has 5 heteroatoms. The van der Waals surface area contributed by atoms with Crippen molar-refractivity contribution in [2.75, 3.05) is 19.6 Å². The number of amides is 1. The van der Waals surface area contributed by atoms with Crippen molar-refractivity contribution in [3.05, 3.63) is 30.6 Å². The number of piperidine rings is 1. The normalized spacial score (nSPS) is 20.1. The molecular formula is C20H30N4O. The lowest BCUT2D eigenvalue weighted by Crippen LogP contribution is -2.44. The standard InChI is InChI=1S/C20H30N4O/c1-4-18(24-14-22-17-9-5-6-10-19(17)24)20(25)21-12-16-8-7-11-23(13-16)15(2)3/h5-6,9-10,14-16,18H,4,7-8,11-13H2,1-3H3,(H,21,25)/t16-,18-/m0/s1. The SMILES string of the molecule is CC[C@@H](C(=O)NC[C@@H]1CCCN(C(C)C)C1)n1cnc2ccccc21. The molecule has 0 radical (unpaired) electrons. The van der Waals surface area contributed by atoms with E-state index in [1.54, 1.807) is 6.33 Å². The number of carbonyl (C=O) groups is 1. The van der Waals surface area contributed by atoms with E-state index in [2.05, 4.69) is 36.0 Å². The Morgan fingerprint density at radius 2 is 2.16 bits per heavy atom. The van der Waals surface area contributed by atoms with E-state index in [0.717, 1.165) is 30.5 Å². The van der Waals surface area contributed by atoms with Crippen LogP contribution in [0.15, 0.2) is 30.6 Å². The highest BCUT2D eigenvalue weighted by Gasteiger charge is 2.24. The van der Waals surface area contributed by atoms with Gasteiger partial charge in [0.25, 0.3) is 0 Å². The van der Waals surface area contributed by atoms with E-state index in [4.69, 9.17) is 0 Å². The predicted molar refractivity (Wildman–Crippen MR) is 102 cm³/mol. The lowest BCUT2D eigenvalue weighted by atomic mass is 9.97. The number of benzene rings is 1. The zero-order chi connectivity index (χ0) is 17.8. The Balaban J connectivity index is 1.63. The molecule has 1 fully saturated rings. The number of para-hydroxylation sites is 2. The molecule has 1 aliphatic rings. The highest BCUT2D eigenvalue weighted by atomic mass is 16.2. The lowest BCUT2D eigenvalue weighted by Gasteiger charge is -2.35. The van der Waals surface area contributed by atoms with Gasteiger partial charge in [-0.2, -0.15) is 0 Å². The third-order valence-corrected chi connectivity index (χ3v) is 5.35. The number of fused-ring (bicyclic) bond motifs is 1. The first-order valence-electron chi connectivity index (χ1n) is 9.53. The van der Waals surface area contributed by atoms with E-state index < -0.39 is 0 Å². The molecule has 5 nitrogen and oxygen atoms in total. The number of carbonyl (C=O) groups excluding carboxylic acids is 1. The Labute approximate surface area is 150 Å². The molecule has 1 aromatic heterocycles. The number of imidazole rings is 1. The molecule has 2 heterocycles. The van der Waals surface area contributed by atoms with Crippen LogP contribution in [0.3, 0.4) is 0 Å². The first-order valence-corrected chi connectivity index (χ1v) is 9.53. The van der Waals surface area contributed by atoms with Gasteiger partial charge in [0.05, 0.1) is 17.4 Å². The fourth-order valence-corrected chi connectivity index (χ4v) is 3.83. The van der Waals surface area contributed by atoms with Crippen molar-refractivity contribution in [2.24, 2.45) is 5.92 Å². The van der Waals surface area contributed by atoms with E-state index in [-0.39, 0.29) is 11.9 Å². The summed E-state index contributed by atoms with van der Waals surface area (Å²) in [5.74, 6) is 0.657. The topological polar surface area (TPSA) is 50.2 Å². The second-order valence-electron chi connectivity index (χ2n) is 7.41. The maximum absolute atomic E-state index is 12.8. The van der Waals surface area contributed by atoms with Crippen LogP contribution in [0.25, 0.3) is 11.0 Å². The van der Waals surface area contributed by atoms with Crippen LogP contribution in [0.2, 0.25) is 0 Å². The molecule has 1 N–H and O–H groups in total.